The fourth-order valence-electron chi connectivity index (χ4n) is 2.06. The highest BCUT2D eigenvalue weighted by Crippen LogP contribution is 2.20. The van der Waals surface area contributed by atoms with E-state index in [9.17, 15) is 0 Å². The summed E-state index contributed by atoms with van der Waals surface area (Å²) in [5, 5.41) is 3.42. The van der Waals surface area contributed by atoms with E-state index >= 15 is 0 Å². The molecular formula is C12H21N3O. The minimum Gasteiger partial charge on any atom is -0.372 e. The lowest BCUT2D eigenvalue weighted by Gasteiger charge is -2.16. The number of nitrogens with zero attached hydrogens (tertiary/aromatic N) is 2. The molecule has 1 saturated heterocycles. The van der Waals surface area contributed by atoms with E-state index in [1.807, 2.05) is 18.7 Å². The molecular weight excluding hydrogens is 202 g/mol. The standard InChI is InChI=1S/C12H21N3O/c1-10(2)14-7-11-3-4-12(16-11)8-15-6-5-13-9-15/h5-6,9-12,14H,3-4,7-8H2,1-2H3. The summed E-state index contributed by atoms with van der Waals surface area (Å²) in [5.41, 5.74) is 0. The fraction of sp³-hybridized carbons (Fsp3) is 0.750. The molecule has 1 N–H and O–H groups in total. The van der Waals surface area contributed by atoms with Crippen molar-refractivity contribution >= 4 is 0 Å². The van der Waals surface area contributed by atoms with Gasteiger partial charge in [-0.25, -0.2) is 4.98 Å². The topological polar surface area (TPSA) is 39.1 Å². The molecule has 1 aliphatic heterocycles. The van der Waals surface area contributed by atoms with Gasteiger partial charge in [0.05, 0.1) is 18.5 Å². The average Bonchev–Trinajstić information content (AvgIpc) is 2.87. The van der Waals surface area contributed by atoms with Gasteiger partial charge in [0, 0.05) is 31.5 Å². The van der Waals surface area contributed by atoms with E-state index in [0.29, 0.717) is 18.2 Å². The molecule has 4 nitrogen and oxygen atoms in total. The van der Waals surface area contributed by atoms with Crippen molar-refractivity contribution in [3.8, 4) is 0 Å². The van der Waals surface area contributed by atoms with Crippen molar-refractivity contribution in [2.24, 2.45) is 0 Å². The van der Waals surface area contributed by atoms with Crippen LogP contribution in [0.1, 0.15) is 26.7 Å². The first-order chi connectivity index (χ1) is 7.74. The second-order valence-electron chi connectivity index (χ2n) is 4.78. The summed E-state index contributed by atoms with van der Waals surface area (Å²) in [4.78, 5) is 4.04. The van der Waals surface area contributed by atoms with Crippen LogP contribution in [0.5, 0.6) is 0 Å². The van der Waals surface area contributed by atoms with Gasteiger partial charge in [-0.2, -0.15) is 0 Å². The Hall–Kier alpha value is -0.870. The number of imidazole rings is 1. The number of nitrogens with one attached hydrogen (secondary N) is 1. The van der Waals surface area contributed by atoms with Crippen molar-refractivity contribution in [3.63, 3.8) is 0 Å². The van der Waals surface area contributed by atoms with Gasteiger partial charge in [0.15, 0.2) is 0 Å². The quantitative estimate of drug-likeness (QED) is 0.820. The lowest BCUT2D eigenvalue weighted by molar-refractivity contribution is 0.0352. The Bertz CT molecular complexity index is 297. The van der Waals surface area contributed by atoms with Gasteiger partial charge in [-0.15, -0.1) is 0 Å². The zero-order valence-corrected chi connectivity index (χ0v) is 10.1. The van der Waals surface area contributed by atoms with Gasteiger partial charge in [0.1, 0.15) is 0 Å². The monoisotopic (exact) mass is 223 g/mol. The molecule has 0 aliphatic carbocycles. The van der Waals surface area contributed by atoms with Crippen LogP contribution in [-0.4, -0.2) is 34.3 Å². The molecule has 0 saturated carbocycles. The normalized spacial score (nSPS) is 25.4. The van der Waals surface area contributed by atoms with Crippen LogP contribution in [0, 0.1) is 0 Å². The van der Waals surface area contributed by atoms with Crippen LogP contribution in [0.4, 0.5) is 0 Å². The highest BCUT2D eigenvalue weighted by Gasteiger charge is 2.25. The molecule has 2 unspecified atom stereocenters. The predicted molar refractivity (Wildman–Crippen MR) is 63.3 cm³/mol. The highest BCUT2D eigenvalue weighted by molar-refractivity contribution is 4.80. The van der Waals surface area contributed by atoms with E-state index in [4.69, 9.17) is 4.74 Å². The molecule has 2 rings (SSSR count). The zero-order chi connectivity index (χ0) is 11.4. The molecule has 0 bridgehead atoms. The second kappa shape index (κ2) is 5.46. The van der Waals surface area contributed by atoms with Crippen molar-refractivity contribution in [1.29, 1.82) is 0 Å². The van der Waals surface area contributed by atoms with Gasteiger partial charge in [-0.05, 0) is 12.8 Å². The largest absolute Gasteiger partial charge is 0.372 e. The Morgan fingerprint density at radius 3 is 2.94 bits per heavy atom. The third-order valence-corrected chi connectivity index (χ3v) is 2.92. The van der Waals surface area contributed by atoms with Gasteiger partial charge in [0.2, 0.25) is 0 Å². The van der Waals surface area contributed by atoms with Crippen LogP contribution in [0.3, 0.4) is 0 Å². The predicted octanol–water partition coefficient (Wildman–Crippen LogP) is 1.43. The van der Waals surface area contributed by atoms with E-state index in [1.165, 1.54) is 6.42 Å². The van der Waals surface area contributed by atoms with Crippen molar-refractivity contribution < 1.29 is 4.74 Å². The molecule has 0 amide bonds. The number of ether oxygens (including phenoxy) is 1. The lowest BCUT2D eigenvalue weighted by atomic mass is 10.2. The van der Waals surface area contributed by atoms with Crippen LogP contribution >= 0.6 is 0 Å². The van der Waals surface area contributed by atoms with Crippen LogP contribution in [-0.2, 0) is 11.3 Å². The lowest BCUT2D eigenvalue weighted by Crippen LogP contribution is -2.32. The van der Waals surface area contributed by atoms with Crippen molar-refractivity contribution in [3.05, 3.63) is 18.7 Å². The summed E-state index contributed by atoms with van der Waals surface area (Å²) in [6, 6.07) is 0.538. The summed E-state index contributed by atoms with van der Waals surface area (Å²) >= 11 is 0. The molecule has 1 aromatic rings. The van der Waals surface area contributed by atoms with Gasteiger partial charge < -0.3 is 14.6 Å². The van der Waals surface area contributed by atoms with E-state index in [1.54, 1.807) is 0 Å². The minimum atomic E-state index is 0.355. The first kappa shape index (κ1) is 11.6. The van der Waals surface area contributed by atoms with Crippen LogP contribution in [0.2, 0.25) is 0 Å². The molecule has 16 heavy (non-hydrogen) atoms. The molecule has 2 atom stereocenters. The molecule has 4 heteroatoms. The summed E-state index contributed by atoms with van der Waals surface area (Å²) in [5.74, 6) is 0. The average molecular weight is 223 g/mol. The first-order valence-corrected chi connectivity index (χ1v) is 6.08. The second-order valence-corrected chi connectivity index (χ2v) is 4.78. The smallest absolute Gasteiger partial charge is 0.0946 e. The third kappa shape index (κ3) is 3.32. The SMILES string of the molecule is CC(C)NCC1CCC(Cn2ccnc2)O1. The molecule has 1 aromatic heterocycles. The van der Waals surface area contributed by atoms with Crippen molar-refractivity contribution in [2.75, 3.05) is 6.54 Å². The third-order valence-electron chi connectivity index (χ3n) is 2.92. The van der Waals surface area contributed by atoms with E-state index < -0.39 is 0 Å². The number of rotatable bonds is 5. The molecule has 1 aliphatic rings. The van der Waals surface area contributed by atoms with Crippen LogP contribution in [0.25, 0.3) is 0 Å². The van der Waals surface area contributed by atoms with Gasteiger partial charge >= 0.3 is 0 Å². The zero-order valence-electron chi connectivity index (χ0n) is 10.1. The van der Waals surface area contributed by atoms with Crippen molar-refractivity contribution in [1.82, 2.24) is 14.9 Å². The summed E-state index contributed by atoms with van der Waals surface area (Å²) in [7, 11) is 0. The Kier molecular flexibility index (Phi) is 3.96. The van der Waals surface area contributed by atoms with Gasteiger partial charge in [0.25, 0.3) is 0 Å². The fourth-order valence-corrected chi connectivity index (χ4v) is 2.06. The number of hydrogen-bond donors (Lipinski definition) is 1. The number of aromatic nitrogens is 2. The Morgan fingerprint density at radius 1 is 1.44 bits per heavy atom. The Balaban J connectivity index is 1.71. The molecule has 1 fully saturated rings. The highest BCUT2D eigenvalue weighted by atomic mass is 16.5. The summed E-state index contributed by atoms with van der Waals surface area (Å²) in [6.45, 7) is 6.23. The minimum absolute atomic E-state index is 0.355. The van der Waals surface area contributed by atoms with E-state index in [-0.39, 0.29) is 0 Å². The van der Waals surface area contributed by atoms with E-state index in [0.717, 1.165) is 19.5 Å². The summed E-state index contributed by atoms with van der Waals surface area (Å²) in [6.07, 6.45) is 8.71. The van der Waals surface area contributed by atoms with Crippen LogP contribution < -0.4 is 5.32 Å². The van der Waals surface area contributed by atoms with Crippen LogP contribution in [0.15, 0.2) is 18.7 Å². The molecule has 90 valence electrons. The van der Waals surface area contributed by atoms with Gasteiger partial charge in [-0.1, -0.05) is 13.8 Å². The van der Waals surface area contributed by atoms with Gasteiger partial charge in [-0.3, -0.25) is 0 Å². The molecule has 2 heterocycles. The number of hydrogen-bond acceptors (Lipinski definition) is 3. The van der Waals surface area contributed by atoms with Crippen molar-refractivity contribution in [2.45, 2.75) is 51.5 Å². The first-order valence-electron chi connectivity index (χ1n) is 6.08. The van der Waals surface area contributed by atoms with E-state index in [2.05, 4.69) is 28.7 Å². The maximum absolute atomic E-state index is 5.97. The Labute approximate surface area is 97.0 Å². The summed E-state index contributed by atoms with van der Waals surface area (Å²) < 4.78 is 8.06. The molecule has 0 radical (unpaired) electrons. The maximum atomic E-state index is 5.97. The molecule has 0 aromatic carbocycles. The molecule has 0 spiro atoms. The maximum Gasteiger partial charge on any atom is 0.0946 e. The Morgan fingerprint density at radius 2 is 2.25 bits per heavy atom.